The van der Waals surface area contributed by atoms with Crippen molar-refractivity contribution < 1.29 is 14.7 Å². The van der Waals surface area contributed by atoms with Crippen LogP contribution in [0.3, 0.4) is 0 Å². The number of morpholine rings is 1. The first-order chi connectivity index (χ1) is 6.83. The molecule has 0 aliphatic carbocycles. The molecule has 0 aromatic heterocycles. The number of aliphatic hydroxyl groups is 1. The molecule has 1 aliphatic heterocycles. The smallest absolute Gasteiger partial charge is 0.0814 e. The molecule has 1 atom stereocenters. The summed E-state index contributed by atoms with van der Waals surface area (Å²) in [7, 11) is 0. The van der Waals surface area contributed by atoms with E-state index in [0.29, 0.717) is 19.7 Å². The van der Waals surface area contributed by atoms with Crippen molar-refractivity contribution in [3.63, 3.8) is 0 Å². The van der Waals surface area contributed by atoms with Gasteiger partial charge in [0.1, 0.15) is 0 Å². The number of nitrogens with zero attached hydrogens (tertiary/aromatic N) is 1. The molecule has 84 valence electrons. The predicted octanol–water partition coefficient (Wildman–Crippen LogP) is -0.779. The number of rotatable bonds is 6. The fourth-order valence-electron chi connectivity index (χ4n) is 1.40. The summed E-state index contributed by atoms with van der Waals surface area (Å²) in [6.45, 7) is 7.04. The zero-order valence-corrected chi connectivity index (χ0v) is 8.74. The summed E-state index contributed by atoms with van der Waals surface area (Å²) in [6, 6.07) is 0. The van der Waals surface area contributed by atoms with Gasteiger partial charge >= 0.3 is 0 Å². The summed E-state index contributed by atoms with van der Waals surface area (Å²) in [5.74, 6) is 0. The van der Waals surface area contributed by atoms with Gasteiger partial charge in [-0.15, -0.1) is 0 Å². The fraction of sp³-hybridized carbons (Fsp3) is 1.00. The Balaban J connectivity index is 2.03. The van der Waals surface area contributed by atoms with Gasteiger partial charge in [-0.2, -0.15) is 5.48 Å². The molecule has 2 N–H and O–H groups in total. The fourth-order valence-corrected chi connectivity index (χ4v) is 1.40. The molecule has 0 bridgehead atoms. The van der Waals surface area contributed by atoms with Crippen LogP contribution >= 0.6 is 0 Å². The second-order valence-electron chi connectivity index (χ2n) is 3.35. The molecule has 1 heterocycles. The van der Waals surface area contributed by atoms with Crippen LogP contribution in [-0.2, 0) is 9.57 Å². The summed E-state index contributed by atoms with van der Waals surface area (Å²) < 4.78 is 5.22. The van der Waals surface area contributed by atoms with Crippen molar-refractivity contribution in [3.8, 4) is 0 Å². The second kappa shape index (κ2) is 7.14. The number of β-amino-alcohol motifs (C(OH)–C–C–N with tert-alkyl or cyclic N) is 1. The van der Waals surface area contributed by atoms with Crippen LogP contribution < -0.4 is 5.48 Å². The molecule has 0 saturated carbocycles. The van der Waals surface area contributed by atoms with Gasteiger partial charge in [-0.05, 0) is 6.92 Å². The van der Waals surface area contributed by atoms with Crippen molar-refractivity contribution >= 4 is 0 Å². The highest BCUT2D eigenvalue weighted by Gasteiger charge is 2.14. The molecule has 1 fully saturated rings. The highest BCUT2D eigenvalue weighted by molar-refractivity contribution is 4.67. The Kier molecular flexibility index (Phi) is 6.05. The van der Waals surface area contributed by atoms with E-state index in [9.17, 15) is 5.11 Å². The van der Waals surface area contributed by atoms with Gasteiger partial charge in [0.2, 0.25) is 0 Å². The Bertz CT molecular complexity index is 140. The third kappa shape index (κ3) is 4.88. The van der Waals surface area contributed by atoms with Crippen LogP contribution in [0.2, 0.25) is 0 Å². The SMILES string of the molecule is CCONCC(O)CN1CCOCC1. The molecule has 1 unspecified atom stereocenters. The maximum Gasteiger partial charge on any atom is 0.0814 e. The van der Waals surface area contributed by atoms with Crippen LogP contribution in [0, 0.1) is 0 Å². The van der Waals surface area contributed by atoms with Gasteiger partial charge in [0, 0.05) is 26.2 Å². The Hall–Kier alpha value is -0.200. The average Bonchev–Trinajstić information content (AvgIpc) is 2.20. The van der Waals surface area contributed by atoms with Crippen molar-refractivity contribution in [3.05, 3.63) is 0 Å². The van der Waals surface area contributed by atoms with Gasteiger partial charge in [0.05, 0.1) is 25.9 Å². The van der Waals surface area contributed by atoms with E-state index in [1.165, 1.54) is 0 Å². The van der Waals surface area contributed by atoms with Crippen LogP contribution in [0.5, 0.6) is 0 Å². The highest BCUT2D eigenvalue weighted by atomic mass is 16.6. The van der Waals surface area contributed by atoms with Gasteiger partial charge in [0.15, 0.2) is 0 Å². The molecule has 5 nitrogen and oxygen atoms in total. The van der Waals surface area contributed by atoms with Crippen molar-refractivity contribution in [2.45, 2.75) is 13.0 Å². The summed E-state index contributed by atoms with van der Waals surface area (Å²) in [5, 5.41) is 9.60. The Labute approximate surface area is 84.9 Å². The summed E-state index contributed by atoms with van der Waals surface area (Å²) >= 11 is 0. The van der Waals surface area contributed by atoms with Crippen molar-refractivity contribution in [1.29, 1.82) is 0 Å². The zero-order chi connectivity index (χ0) is 10.2. The third-order valence-corrected chi connectivity index (χ3v) is 2.14. The lowest BCUT2D eigenvalue weighted by atomic mass is 10.3. The van der Waals surface area contributed by atoms with Gasteiger partial charge in [-0.1, -0.05) is 0 Å². The topological polar surface area (TPSA) is 54.0 Å². The lowest BCUT2D eigenvalue weighted by Crippen LogP contribution is -2.43. The van der Waals surface area contributed by atoms with E-state index in [4.69, 9.17) is 9.57 Å². The molecule has 1 aliphatic rings. The van der Waals surface area contributed by atoms with Gasteiger partial charge < -0.3 is 14.7 Å². The van der Waals surface area contributed by atoms with E-state index < -0.39 is 0 Å². The molecule has 5 heteroatoms. The molecule has 0 radical (unpaired) electrons. The number of aliphatic hydroxyl groups excluding tert-OH is 1. The minimum absolute atomic E-state index is 0.375. The lowest BCUT2D eigenvalue weighted by molar-refractivity contribution is -0.00898. The number of hydrogen-bond donors (Lipinski definition) is 2. The van der Waals surface area contributed by atoms with Crippen molar-refractivity contribution in [2.24, 2.45) is 0 Å². The van der Waals surface area contributed by atoms with E-state index in [-0.39, 0.29) is 6.10 Å². The maximum atomic E-state index is 9.60. The number of ether oxygens (including phenoxy) is 1. The van der Waals surface area contributed by atoms with Gasteiger partial charge in [-0.25, -0.2) is 0 Å². The van der Waals surface area contributed by atoms with Crippen LogP contribution in [0.1, 0.15) is 6.92 Å². The van der Waals surface area contributed by atoms with Crippen LogP contribution in [-0.4, -0.2) is 62.1 Å². The molecule has 0 aromatic rings. The number of nitrogens with one attached hydrogen (secondary N) is 1. The van der Waals surface area contributed by atoms with E-state index in [0.717, 1.165) is 26.3 Å². The largest absolute Gasteiger partial charge is 0.390 e. The van der Waals surface area contributed by atoms with Crippen LogP contribution in [0.25, 0.3) is 0 Å². The first-order valence-electron chi connectivity index (χ1n) is 5.15. The molecule has 1 rings (SSSR count). The lowest BCUT2D eigenvalue weighted by Gasteiger charge is -2.28. The summed E-state index contributed by atoms with van der Waals surface area (Å²) in [6.07, 6.45) is -0.375. The Morgan fingerprint density at radius 2 is 2.21 bits per heavy atom. The van der Waals surface area contributed by atoms with Crippen molar-refractivity contribution in [2.75, 3.05) is 46.0 Å². The zero-order valence-electron chi connectivity index (χ0n) is 8.74. The second-order valence-corrected chi connectivity index (χ2v) is 3.35. The van der Waals surface area contributed by atoms with Crippen LogP contribution in [0.15, 0.2) is 0 Å². The normalized spacial score (nSPS) is 21.0. The van der Waals surface area contributed by atoms with E-state index in [1.54, 1.807) is 0 Å². The standard InChI is InChI=1S/C9H20N2O3/c1-2-14-10-7-9(12)8-11-3-5-13-6-4-11/h9-10,12H,2-8H2,1H3. The quantitative estimate of drug-likeness (QED) is 0.439. The minimum Gasteiger partial charge on any atom is -0.390 e. The predicted molar refractivity (Wildman–Crippen MR) is 52.9 cm³/mol. The molecular formula is C9H20N2O3. The van der Waals surface area contributed by atoms with E-state index in [1.807, 2.05) is 6.92 Å². The van der Waals surface area contributed by atoms with Crippen LogP contribution in [0.4, 0.5) is 0 Å². The summed E-state index contributed by atoms with van der Waals surface area (Å²) in [5.41, 5.74) is 2.72. The Morgan fingerprint density at radius 1 is 1.50 bits per heavy atom. The van der Waals surface area contributed by atoms with Crippen molar-refractivity contribution in [1.82, 2.24) is 10.4 Å². The molecule has 0 aromatic carbocycles. The molecular weight excluding hydrogens is 184 g/mol. The average molecular weight is 204 g/mol. The highest BCUT2D eigenvalue weighted by Crippen LogP contribution is 1.97. The number of hydroxylamine groups is 1. The first-order valence-corrected chi connectivity index (χ1v) is 5.15. The Morgan fingerprint density at radius 3 is 2.86 bits per heavy atom. The number of hydrogen-bond acceptors (Lipinski definition) is 5. The van der Waals surface area contributed by atoms with Gasteiger partial charge in [-0.3, -0.25) is 4.90 Å². The first kappa shape index (κ1) is 11.9. The maximum absolute atomic E-state index is 9.60. The molecule has 14 heavy (non-hydrogen) atoms. The van der Waals surface area contributed by atoms with E-state index in [2.05, 4.69) is 10.4 Å². The molecule has 0 amide bonds. The monoisotopic (exact) mass is 204 g/mol. The molecule has 0 spiro atoms. The summed E-state index contributed by atoms with van der Waals surface area (Å²) in [4.78, 5) is 7.14. The van der Waals surface area contributed by atoms with Gasteiger partial charge in [0.25, 0.3) is 0 Å². The third-order valence-electron chi connectivity index (χ3n) is 2.14. The van der Waals surface area contributed by atoms with E-state index >= 15 is 0 Å². The minimum atomic E-state index is -0.375. The molecule has 1 saturated heterocycles.